The Labute approximate surface area is 186 Å². The first kappa shape index (κ1) is 22.0. The van der Waals surface area contributed by atoms with Crippen molar-refractivity contribution in [1.29, 1.82) is 0 Å². The van der Waals surface area contributed by atoms with Crippen LogP contribution in [0, 0.1) is 6.92 Å². The number of rotatable bonds is 6. The molecule has 0 radical (unpaired) electrons. The van der Waals surface area contributed by atoms with Gasteiger partial charge in [0.25, 0.3) is 5.56 Å². The predicted octanol–water partition coefficient (Wildman–Crippen LogP) is 4.40. The molecule has 2 aromatic heterocycles. The fraction of sp³-hybridized carbons (Fsp3) is 0.200. The van der Waals surface area contributed by atoms with Crippen molar-refractivity contribution in [2.24, 2.45) is 0 Å². The normalized spacial score (nSPS) is 10.7. The molecule has 3 rings (SSSR count). The molecule has 0 unspecified atom stereocenters. The number of esters is 1. The van der Waals surface area contributed by atoms with Crippen LogP contribution >= 0.6 is 34.5 Å². The van der Waals surface area contributed by atoms with Gasteiger partial charge in [-0.3, -0.25) is 9.59 Å². The summed E-state index contributed by atoms with van der Waals surface area (Å²) in [6.45, 7) is 3.31. The van der Waals surface area contributed by atoms with Crippen LogP contribution in [-0.4, -0.2) is 28.3 Å². The second-order valence-corrected chi connectivity index (χ2v) is 7.97. The predicted molar refractivity (Wildman–Crippen MR) is 118 cm³/mol. The third-order valence-electron chi connectivity index (χ3n) is 4.15. The van der Waals surface area contributed by atoms with E-state index in [9.17, 15) is 14.4 Å². The number of aromatic nitrogens is 2. The Kier molecular flexibility index (Phi) is 6.91. The molecule has 0 aliphatic heterocycles. The van der Waals surface area contributed by atoms with Gasteiger partial charge >= 0.3 is 5.97 Å². The molecule has 0 saturated carbocycles. The number of halogens is 2. The van der Waals surface area contributed by atoms with Gasteiger partial charge in [-0.15, -0.1) is 11.3 Å². The third-order valence-corrected chi connectivity index (χ3v) is 6.16. The standard InChI is InChI=1S/C20H17Cl2N3O4S/c1-3-29-20(28)15-11(2)17(12-7-5-4-6-8-12)30-18(15)24-14(26)10-25-19(27)16(22)13(21)9-23-25/h4-9H,3,10H2,1-2H3,(H,24,26). The number of nitrogens with zero attached hydrogens (tertiary/aromatic N) is 2. The lowest BCUT2D eigenvalue weighted by molar-refractivity contribution is -0.117. The van der Waals surface area contributed by atoms with E-state index in [0.717, 1.165) is 15.1 Å². The zero-order chi connectivity index (χ0) is 21.8. The molecule has 10 heteroatoms. The highest BCUT2D eigenvalue weighted by Crippen LogP contribution is 2.40. The fourth-order valence-corrected chi connectivity index (χ4v) is 4.26. The molecule has 0 fully saturated rings. The number of anilines is 1. The van der Waals surface area contributed by atoms with Gasteiger partial charge in [0.15, 0.2) is 0 Å². The Hall–Kier alpha value is -2.68. The quantitative estimate of drug-likeness (QED) is 0.544. The number of amides is 1. The number of carbonyl (C=O) groups excluding carboxylic acids is 2. The zero-order valence-electron chi connectivity index (χ0n) is 16.1. The molecule has 2 heterocycles. The molecule has 7 nitrogen and oxygen atoms in total. The number of nitrogens with one attached hydrogen (secondary N) is 1. The molecular weight excluding hydrogens is 449 g/mol. The molecule has 1 aromatic carbocycles. The average Bonchev–Trinajstić information content (AvgIpc) is 3.05. The number of hydrogen-bond donors (Lipinski definition) is 1. The Bertz CT molecular complexity index is 1160. The van der Waals surface area contributed by atoms with Crippen molar-refractivity contribution in [1.82, 2.24) is 9.78 Å². The Morgan fingerprint density at radius 1 is 1.23 bits per heavy atom. The summed E-state index contributed by atoms with van der Waals surface area (Å²) in [5.74, 6) is -1.08. The summed E-state index contributed by atoms with van der Waals surface area (Å²) < 4.78 is 6.06. The summed E-state index contributed by atoms with van der Waals surface area (Å²) in [4.78, 5) is 38.1. The van der Waals surface area contributed by atoms with Crippen LogP contribution in [0.3, 0.4) is 0 Å². The highest BCUT2D eigenvalue weighted by molar-refractivity contribution is 7.20. The van der Waals surface area contributed by atoms with Gasteiger partial charge in [-0.05, 0) is 25.0 Å². The smallest absolute Gasteiger partial charge is 0.341 e. The number of thiophene rings is 1. The topological polar surface area (TPSA) is 90.3 Å². The molecule has 1 amide bonds. The van der Waals surface area contributed by atoms with Crippen LogP contribution in [0.4, 0.5) is 5.00 Å². The second kappa shape index (κ2) is 9.42. The highest BCUT2D eigenvalue weighted by Gasteiger charge is 2.24. The summed E-state index contributed by atoms with van der Waals surface area (Å²) in [7, 11) is 0. The van der Waals surface area contributed by atoms with Gasteiger partial charge in [-0.1, -0.05) is 53.5 Å². The molecule has 0 aliphatic carbocycles. The van der Waals surface area contributed by atoms with Crippen LogP contribution in [0.1, 0.15) is 22.8 Å². The largest absolute Gasteiger partial charge is 0.462 e. The summed E-state index contributed by atoms with van der Waals surface area (Å²) in [5.41, 5.74) is 1.21. The van der Waals surface area contributed by atoms with Gasteiger partial charge < -0.3 is 10.1 Å². The Morgan fingerprint density at radius 2 is 1.93 bits per heavy atom. The Morgan fingerprint density at radius 3 is 2.60 bits per heavy atom. The van der Waals surface area contributed by atoms with Crippen LogP contribution in [0.5, 0.6) is 0 Å². The average molecular weight is 466 g/mol. The van der Waals surface area contributed by atoms with Crippen molar-refractivity contribution in [2.75, 3.05) is 11.9 Å². The van der Waals surface area contributed by atoms with Crippen LogP contribution < -0.4 is 10.9 Å². The van der Waals surface area contributed by atoms with Crippen LogP contribution in [-0.2, 0) is 16.1 Å². The van der Waals surface area contributed by atoms with Crippen LogP contribution in [0.15, 0.2) is 41.3 Å². The van der Waals surface area contributed by atoms with Crippen molar-refractivity contribution >= 4 is 51.4 Å². The first-order valence-electron chi connectivity index (χ1n) is 8.90. The molecule has 30 heavy (non-hydrogen) atoms. The Balaban J connectivity index is 1.94. The van der Waals surface area contributed by atoms with Crippen molar-refractivity contribution in [3.8, 4) is 10.4 Å². The van der Waals surface area contributed by atoms with Crippen molar-refractivity contribution in [2.45, 2.75) is 20.4 Å². The van der Waals surface area contributed by atoms with Gasteiger partial charge in [-0.25, -0.2) is 9.48 Å². The lowest BCUT2D eigenvalue weighted by Crippen LogP contribution is -2.30. The number of benzene rings is 1. The molecule has 1 N–H and O–H groups in total. The molecule has 0 bridgehead atoms. The first-order valence-corrected chi connectivity index (χ1v) is 10.5. The van der Waals surface area contributed by atoms with E-state index in [0.29, 0.717) is 10.6 Å². The lowest BCUT2D eigenvalue weighted by atomic mass is 10.1. The van der Waals surface area contributed by atoms with Crippen LogP contribution in [0.25, 0.3) is 10.4 Å². The minimum Gasteiger partial charge on any atom is -0.462 e. The van der Waals surface area contributed by atoms with Crippen LogP contribution in [0.2, 0.25) is 10.0 Å². The molecule has 0 atom stereocenters. The molecule has 0 spiro atoms. The maximum Gasteiger partial charge on any atom is 0.341 e. The van der Waals surface area contributed by atoms with Crippen molar-refractivity contribution in [3.63, 3.8) is 0 Å². The first-order chi connectivity index (χ1) is 14.3. The maximum atomic E-state index is 12.6. The van der Waals surface area contributed by atoms with Gasteiger partial charge in [-0.2, -0.15) is 5.10 Å². The fourth-order valence-electron chi connectivity index (χ4n) is 2.78. The molecule has 0 aliphatic rings. The molecule has 156 valence electrons. The van der Waals surface area contributed by atoms with E-state index >= 15 is 0 Å². The van der Waals surface area contributed by atoms with Gasteiger partial charge in [0, 0.05) is 4.88 Å². The van der Waals surface area contributed by atoms with Crippen molar-refractivity contribution in [3.05, 3.63) is 68.1 Å². The summed E-state index contributed by atoms with van der Waals surface area (Å²) >= 11 is 12.8. The van der Waals surface area contributed by atoms with E-state index in [1.165, 1.54) is 17.5 Å². The number of hydrogen-bond acceptors (Lipinski definition) is 6. The second-order valence-electron chi connectivity index (χ2n) is 6.16. The summed E-state index contributed by atoms with van der Waals surface area (Å²) in [6.07, 6.45) is 1.19. The van der Waals surface area contributed by atoms with E-state index in [-0.39, 0.29) is 22.2 Å². The van der Waals surface area contributed by atoms with E-state index in [4.69, 9.17) is 27.9 Å². The number of ether oxygens (including phenoxy) is 1. The molecule has 0 saturated heterocycles. The lowest BCUT2D eigenvalue weighted by Gasteiger charge is -2.08. The van der Waals surface area contributed by atoms with Gasteiger partial charge in [0.2, 0.25) is 5.91 Å². The van der Waals surface area contributed by atoms with Gasteiger partial charge in [0.05, 0.1) is 23.4 Å². The van der Waals surface area contributed by atoms with E-state index in [1.807, 2.05) is 30.3 Å². The molecular formula is C20H17Cl2N3O4S. The third kappa shape index (κ3) is 4.56. The highest BCUT2D eigenvalue weighted by atomic mass is 35.5. The summed E-state index contributed by atoms with van der Waals surface area (Å²) in [5, 5.41) is 6.63. The van der Waals surface area contributed by atoms with E-state index < -0.39 is 24.0 Å². The monoisotopic (exact) mass is 465 g/mol. The number of carbonyl (C=O) groups is 2. The maximum absolute atomic E-state index is 12.6. The van der Waals surface area contributed by atoms with Crippen molar-refractivity contribution < 1.29 is 14.3 Å². The SMILES string of the molecule is CCOC(=O)c1c(NC(=O)Cn2ncc(Cl)c(Cl)c2=O)sc(-c2ccccc2)c1C. The summed E-state index contributed by atoms with van der Waals surface area (Å²) in [6, 6.07) is 9.50. The van der Waals surface area contributed by atoms with E-state index in [2.05, 4.69) is 10.4 Å². The minimum atomic E-state index is -0.683. The zero-order valence-corrected chi connectivity index (χ0v) is 18.4. The van der Waals surface area contributed by atoms with E-state index in [1.54, 1.807) is 13.8 Å². The minimum absolute atomic E-state index is 0.00399. The molecule has 3 aromatic rings. The van der Waals surface area contributed by atoms with Gasteiger partial charge in [0.1, 0.15) is 16.6 Å².